The smallest absolute Gasteiger partial charge is 0.274 e. The number of nitrogens with one attached hydrogen (secondary N) is 2. The predicted octanol–water partition coefficient (Wildman–Crippen LogP) is 2.28. The third-order valence-corrected chi connectivity index (χ3v) is 3.53. The number of hydrogen-bond donors (Lipinski definition) is 3. The lowest BCUT2D eigenvalue weighted by atomic mass is 9.89. The lowest BCUT2D eigenvalue weighted by Gasteiger charge is -2.18. The Morgan fingerprint density at radius 2 is 2.04 bits per heavy atom. The van der Waals surface area contributed by atoms with Crippen molar-refractivity contribution in [1.29, 1.82) is 0 Å². The van der Waals surface area contributed by atoms with E-state index >= 15 is 0 Å². The molecule has 0 bridgehead atoms. The summed E-state index contributed by atoms with van der Waals surface area (Å²) in [7, 11) is 0. The van der Waals surface area contributed by atoms with E-state index in [-0.39, 0.29) is 11.5 Å². The number of carbonyl (C=O) groups excluding carboxylic acids is 1. The number of H-pyrrole nitrogens is 1. The first-order chi connectivity index (χ1) is 12.1. The number of rotatable bonds is 7. The summed E-state index contributed by atoms with van der Waals surface area (Å²) in [5, 5.41) is 11.6. The first kappa shape index (κ1) is 18.1. The molecule has 1 amide bonds. The Hall–Kier alpha value is -3.25. The number of aliphatic hydroxyl groups is 1. The van der Waals surface area contributed by atoms with Gasteiger partial charge in [0.1, 0.15) is 18.1 Å². The molecule has 0 radical (unpaired) electrons. The van der Waals surface area contributed by atoms with Crippen molar-refractivity contribution in [2.45, 2.75) is 12.5 Å². The number of allylic oxidation sites excluding steroid dienone is 3. The van der Waals surface area contributed by atoms with E-state index in [1.807, 2.05) is 30.3 Å². The van der Waals surface area contributed by atoms with Crippen LogP contribution in [0.1, 0.15) is 17.3 Å². The zero-order chi connectivity index (χ0) is 18.2. The topological polar surface area (TPSA) is 95.1 Å². The molecule has 0 saturated heterocycles. The molecule has 0 fully saturated rings. The average molecular weight is 337 g/mol. The van der Waals surface area contributed by atoms with Crippen molar-refractivity contribution in [3.63, 3.8) is 0 Å². The van der Waals surface area contributed by atoms with E-state index in [4.69, 9.17) is 5.11 Å². The van der Waals surface area contributed by atoms with Crippen LogP contribution in [-0.2, 0) is 11.4 Å². The highest BCUT2D eigenvalue weighted by Gasteiger charge is 2.24. The Balaban J connectivity index is 2.39. The molecule has 6 heteroatoms. The third kappa shape index (κ3) is 4.39. The van der Waals surface area contributed by atoms with Crippen LogP contribution in [0.5, 0.6) is 0 Å². The van der Waals surface area contributed by atoms with Gasteiger partial charge in [0.25, 0.3) is 5.56 Å². The fourth-order valence-electron chi connectivity index (χ4n) is 2.36. The van der Waals surface area contributed by atoms with E-state index in [0.717, 1.165) is 5.56 Å². The molecular formula is C19H19N3O3. The van der Waals surface area contributed by atoms with Crippen molar-refractivity contribution in [3.05, 3.63) is 95.2 Å². The molecule has 1 aromatic carbocycles. The summed E-state index contributed by atoms with van der Waals surface area (Å²) in [6.45, 7) is 7.02. The molecule has 25 heavy (non-hydrogen) atoms. The van der Waals surface area contributed by atoms with Gasteiger partial charge < -0.3 is 15.4 Å². The van der Waals surface area contributed by atoms with Gasteiger partial charge in [-0.1, -0.05) is 61.7 Å². The number of aromatic nitrogens is 2. The van der Waals surface area contributed by atoms with Crippen LogP contribution in [-0.4, -0.2) is 21.0 Å². The highest BCUT2D eigenvalue weighted by Crippen LogP contribution is 2.26. The van der Waals surface area contributed by atoms with Gasteiger partial charge in [-0.15, -0.1) is 0 Å². The molecular weight excluding hydrogens is 318 g/mol. The molecule has 1 unspecified atom stereocenters. The third-order valence-electron chi connectivity index (χ3n) is 3.53. The molecule has 1 aromatic heterocycles. The second-order valence-electron chi connectivity index (χ2n) is 5.17. The van der Waals surface area contributed by atoms with Gasteiger partial charge in [0.05, 0.1) is 12.1 Å². The van der Waals surface area contributed by atoms with Crippen LogP contribution in [0.15, 0.2) is 78.3 Å². The molecule has 0 spiro atoms. The zero-order valence-corrected chi connectivity index (χ0v) is 13.6. The maximum absolute atomic E-state index is 12.8. The van der Waals surface area contributed by atoms with Crippen LogP contribution >= 0.6 is 0 Å². The minimum absolute atomic E-state index is 0.00477. The maximum Gasteiger partial charge on any atom is 0.274 e. The van der Waals surface area contributed by atoms with Gasteiger partial charge in [-0.25, -0.2) is 4.98 Å². The summed E-state index contributed by atoms with van der Waals surface area (Å²) in [4.78, 5) is 31.1. The van der Waals surface area contributed by atoms with Gasteiger partial charge in [0.2, 0.25) is 5.91 Å². The first-order valence-electron chi connectivity index (χ1n) is 7.60. The zero-order valence-electron chi connectivity index (χ0n) is 13.6. The molecule has 0 aliphatic rings. The number of aliphatic hydroxyl groups excluding tert-OH is 1. The molecule has 0 aliphatic heterocycles. The van der Waals surface area contributed by atoms with Gasteiger partial charge in [0.15, 0.2) is 0 Å². The van der Waals surface area contributed by atoms with Crippen molar-refractivity contribution in [2.24, 2.45) is 0 Å². The predicted molar refractivity (Wildman–Crippen MR) is 97.1 cm³/mol. The van der Waals surface area contributed by atoms with Crippen LogP contribution in [0.25, 0.3) is 0 Å². The van der Waals surface area contributed by atoms with Crippen LogP contribution in [0.4, 0.5) is 5.69 Å². The Morgan fingerprint density at radius 1 is 1.32 bits per heavy atom. The molecule has 1 atom stereocenters. The van der Waals surface area contributed by atoms with Crippen molar-refractivity contribution in [1.82, 2.24) is 9.97 Å². The van der Waals surface area contributed by atoms with Gasteiger partial charge in [-0.2, -0.15) is 0 Å². The number of carbonyl (C=O) groups is 1. The van der Waals surface area contributed by atoms with Crippen LogP contribution in [0.2, 0.25) is 0 Å². The van der Waals surface area contributed by atoms with Gasteiger partial charge in [0, 0.05) is 0 Å². The molecule has 2 rings (SSSR count). The van der Waals surface area contributed by atoms with E-state index in [2.05, 4.69) is 28.4 Å². The second kappa shape index (κ2) is 8.56. The number of aromatic amines is 1. The van der Waals surface area contributed by atoms with Crippen LogP contribution < -0.4 is 10.9 Å². The van der Waals surface area contributed by atoms with Crippen LogP contribution in [0.3, 0.4) is 0 Å². The summed E-state index contributed by atoms with van der Waals surface area (Å²) in [6.07, 6.45) is 6.07. The normalized spacial score (nSPS) is 12.3. The Kier molecular flexibility index (Phi) is 6.20. The molecule has 128 valence electrons. The fourth-order valence-corrected chi connectivity index (χ4v) is 2.36. The number of benzene rings is 1. The maximum atomic E-state index is 12.8. The van der Waals surface area contributed by atoms with Crippen molar-refractivity contribution >= 4 is 11.6 Å². The molecule has 0 aliphatic carbocycles. The van der Waals surface area contributed by atoms with E-state index < -0.39 is 24.0 Å². The summed E-state index contributed by atoms with van der Waals surface area (Å²) < 4.78 is 0. The number of nitrogens with zero attached hydrogens (tertiary/aromatic N) is 1. The average Bonchev–Trinajstić information content (AvgIpc) is 2.63. The summed E-state index contributed by atoms with van der Waals surface area (Å²) in [5.41, 5.74) is 0.872. The van der Waals surface area contributed by atoms with Crippen molar-refractivity contribution < 1.29 is 9.90 Å². The fraction of sp³-hybridized carbons (Fsp3) is 0.105. The number of hydrogen-bond acceptors (Lipinski definition) is 4. The molecule has 2 aromatic rings. The minimum Gasteiger partial charge on any atom is -0.388 e. The van der Waals surface area contributed by atoms with E-state index in [0.29, 0.717) is 5.57 Å². The Bertz CT molecular complexity index is 854. The lowest BCUT2D eigenvalue weighted by molar-refractivity contribution is -0.116. The summed E-state index contributed by atoms with van der Waals surface area (Å²) in [6, 6.07) is 9.15. The molecule has 6 nitrogen and oxygen atoms in total. The van der Waals surface area contributed by atoms with E-state index in [1.165, 1.54) is 6.20 Å². The molecule has 1 heterocycles. The number of anilines is 1. The highest BCUT2D eigenvalue weighted by atomic mass is 16.3. The van der Waals surface area contributed by atoms with Crippen molar-refractivity contribution in [2.75, 3.05) is 5.32 Å². The largest absolute Gasteiger partial charge is 0.388 e. The monoisotopic (exact) mass is 337 g/mol. The SMILES string of the molecule is C=C/C=C(\C=C)C(C(=O)Nc1cnc(CO)[nH]c1=O)c1ccccc1. The lowest BCUT2D eigenvalue weighted by Crippen LogP contribution is -2.27. The second-order valence-corrected chi connectivity index (χ2v) is 5.17. The highest BCUT2D eigenvalue weighted by molar-refractivity contribution is 5.98. The van der Waals surface area contributed by atoms with E-state index in [1.54, 1.807) is 18.2 Å². The number of amides is 1. The van der Waals surface area contributed by atoms with Gasteiger partial charge in [-0.05, 0) is 11.1 Å². The summed E-state index contributed by atoms with van der Waals surface area (Å²) >= 11 is 0. The van der Waals surface area contributed by atoms with Gasteiger partial charge in [-0.3, -0.25) is 9.59 Å². The standard InChI is InChI=1S/C19H19N3O3/c1-3-8-13(4-2)17(14-9-6-5-7-10-14)19(25)21-15-11-20-16(12-23)22-18(15)24/h3-11,17,23H,1-2,12H2,(H,21,25)(H,20,22,24)/b13-8+. The van der Waals surface area contributed by atoms with Crippen LogP contribution in [0, 0.1) is 0 Å². The minimum atomic E-state index is -0.659. The molecule has 0 saturated carbocycles. The quantitative estimate of drug-likeness (QED) is 0.676. The Labute approximate surface area is 145 Å². The van der Waals surface area contributed by atoms with E-state index in [9.17, 15) is 9.59 Å². The Morgan fingerprint density at radius 3 is 2.60 bits per heavy atom. The summed E-state index contributed by atoms with van der Waals surface area (Å²) in [5.74, 6) is -0.933. The van der Waals surface area contributed by atoms with Crippen molar-refractivity contribution in [3.8, 4) is 0 Å². The molecule has 3 N–H and O–H groups in total. The van der Waals surface area contributed by atoms with Gasteiger partial charge >= 0.3 is 0 Å². The first-order valence-corrected chi connectivity index (χ1v) is 7.60.